The molecule has 3 aromatic rings. The number of fused-ring (bicyclic) bond motifs is 1. The van der Waals surface area contributed by atoms with Crippen molar-refractivity contribution in [1.29, 1.82) is 0 Å². The predicted octanol–water partition coefficient (Wildman–Crippen LogP) is 3.35. The number of hydrogen-bond donors (Lipinski definition) is 1. The molecule has 0 saturated carbocycles. The molecule has 1 aliphatic carbocycles. The van der Waals surface area contributed by atoms with Crippen molar-refractivity contribution in [1.82, 2.24) is 20.2 Å². The molecule has 1 aromatic carbocycles. The van der Waals surface area contributed by atoms with E-state index in [2.05, 4.69) is 20.8 Å². The number of benzene rings is 1. The molecule has 0 unspecified atom stereocenters. The first-order chi connectivity index (χ1) is 14.5. The number of tetrazole rings is 1. The summed E-state index contributed by atoms with van der Waals surface area (Å²) in [6.07, 6.45) is 2.79. The third kappa shape index (κ3) is 3.97. The van der Waals surface area contributed by atoms with Crippen LogP contribution in [-0.4, -0.2) is 44.9 Å². The third-order valence-corrected chi connectivity index (χ3v) is 7.20. The molecule has 0 radical (unpaired) electrons. The predicted molar refractivity (Wildman–Crippen MR) is 116 cm³/mol. The van der Waals surface area contributed by atoms with Crippen LogP contribution in [-0.2, 0) is 22.4 Å². The first-order valence-electron chi connectivity index (χ1n) is 9.49. The molecule has 0 saturated heterocycles. The number of nitrogens with one attached hydrogen (secondary N) is 1. The minimum absolute atomic E-state index is 0.119. The van der Waals surface area contributed by atoms with Gasteiger partial charge in [0.2, 0.25) is 11.1 Å². The number of nitrogens with zero attached hydrogens (tertiary/aromatic N) is 4. The van der Waals surface area contributed by atoms with Gasteiger partial charge in [0.15, 0.2) is 0 Å². The number of methoxy groups -OCH3 is 1. The van der Waals surface area contributed by atoms with Gasteiger partial charge in [0, 0.05) is 4.88 Å². The average molecular weight is 444 g/mol. The molecule has 0 bridgehead atoms. The van der Waals surface area contributed by atoms with Gasteiger partial charge in [-0.2, -0.15) is 4.68 Å². The highest BCUT2D eigenvalue weighted by molar-refractivity contribution is 7.99. The normalized spacial score (nSPS) is 12.6. The van der Waals surface area contributed by atoms with Gasteiger partial charge in [-0.3, -0.25) is 4.79 Å². The molecule has 2 aromatic heterocycles. The van der Waals surface area contributed by atoms with E-state index in [0.717, 1.165) is 41.0 Å². The van der Waals surface area contributed by atoms with E-state index in [-0.39, 0.29) is 11.7 Å². The number of hydrogen-bond acceptors (Lipinski definition) is 8. The Morgan fingerprint density at radius 2 is 2.10 bits per heavy atom. The lowest BCUT2D eigenvalue weighted by Crippen LogP contribution is -2.16. The lowest BCUT2D eigenvalue weighted by molar-refractivity contribution is -0.113. The fourth-order valence-corrected chi connectivity index (χ4v) is 5.38. The number of amides is 1. The molecule has 1 N–H and O–H groups in total. The molecule has 1 aliphatic rings. The number of aryl methyl sites for hydroxylation is 3. The van der Waals surface area contributed by atoms with Crippen molar-refractivity contribution in [3.05, 3.63) is 45.3 Å². The highest BCUT2D eigenvalue weighted by Gasteiger charge is 2.28. The molecule has 30 heavy (non-hydrogen) atoms. The molecular weight excluding hydrogens is 422 g/mol. The van der Waals surface area contributed by atoms with Crippen molar-refractivity contribution in [3.63, 3.8) is 0 Å². The van der Waals surface area contributed by atoms with Gasteiger partial charge in [0.05, 0.1) is 24.1 Å². The first kappa shape index (κ1) is 20.5. The Morgan fingerprint density at radius 1 is 1.27 bits per heavy atom. The van der Waals surface area contributed by atoms with Gasteiger partial charge < -0.3 is 10.1 Å². The Hall–Kier alpha value is -2.72. The van der Waals surface area contributed by atoms with Gasteiger partial charge in [0.1, 0.15) is 5.00 Å². The van der Waals surface area contributed by atoms with Gasteiger partial charge in [0.25, 0.3) is 0 Å². The Balaban J connectivity index is 1.46. The molecule has 1 amide bonds. The van der Waals surface area contributed by atoms with Crippen molar-refractivity contribution < 1.29 is 14.3 Å². The monoisotopic (exact) mass is 443 g/mol. The van der Waals surface area contributed by atoms with Crippen molar-refractivity contribution in [2.75, 3.05) is 18.2 Å². The van der Waals surface area contributed by atoms with E-state index in [1.165, 1.54) is 35.8 Å². The molecule has 156 valence electrons. The summed E-state index contributed by atoms with van der Waals surface area (Å²) in [5.74, 6) is -0.509. The van der Waals surface area contributed by atoms with Gasteiger partial charge in [-0.05, 0) is 72.4 Å². The highest BCUT2D eigenvalue weighted by atomic mass is 32.2. The fraction of sp³-hybridized carbons (Fsp3) is 0.350. The van der Waals surface area contributed by atoms with Crippen molar-refractivity contribution >= 4 is 40.0 Å². The molecule has 4 rings (SSSR count). The number of esters is 1. The number of carbonyl (C=O) groups is 2. The lowest BCUT2D eigenvalue weighted by atomic mass is 10.1. The van der Waals surface area contributed by atoms with Crippen LogP contribution in [0.3, 0.4) is 0 Å². The maximum absolute atomic E-state index is 12.6. The standard InChI is InChI=1S/C20H21N5O3S2/c1-11-7-8-13(9-12(11)2)25-20(22-23-24-25)29-10-16(26)21-18-17(19(27)28-3)14-5-4-6-15(14)30-18/h7-9H,4-6,10H2,1-3H3,(H,21,26). The number of ether oxygens (including phenoxy) is 1. The fourth-order valence-electron chi connectivity index (χ4n) is 3.39. The maximum Gasteiger partial charge on any atom is 0.341 e. The van der Waals surface area contributed by atoms with E-state index in [1.54, 1.807) is 4.68 Å². The SMILES string of the molecule is COC(=O)c1c(NC(=O)CSc2nnnn2-c2ccc(C)c(C)c2)sc2c1CCC2. The molecule has 0 atom stereocenters. The summed E-state index contributed by atoms with van der Waals surface area (Å²) in [4.78, 5) is 26.0. The van der Waals surface area contributed by atoms with Crippen LogP contribution in [0.2, 0.25) is 0 Å². The zero-order valence-electron chi connectivity index (χ0n) is 16.9. The molecule has 2 heterocycles. The van der Waals surface area contributed by atoms with E-state index in [0.29, 0.717) is 15.7 Å². The summed E-state index contributed by atoms with van der Waals surface area (Å²) >= 11 is 2.70. The highest BCUT2D eigenvalue weighted by Crippen LogP contribution is 2.39. The minimum atomic E-state index is -0.406. The van der Waals surface area contributed by atoms with Crippen LogP contribution in [0.15, 0.2) is 23.4 Å². The smallest absolute Gasteiger partial charge is 0.341 e. The number of anilines is 1. The van der Waals surface area contributed by atoms with E-state index in [1.807, 2.05) is 32.0 Å². The molecule has 0 fully saturated rings. The zero-order chi connectivity index (χ0) is 21.3. The Kier molecular flexibility index (Phi) is 5.87. The van der Waals surface area contributed by atoms with E-state index in [4.69, 9.17) is 4.74 Å². The number of aromatic nitrogens is 4. The summed E-state index contributed by atoms with van der Waals surface area (Å²) in [6.45, 7) is 4.07. The van der Waals surface area contributed by atoms with Crippen LogP contribution in [0.25, 0.3) is 5.69 Å². The Morgan fingerprint density at radius 3 is 2.87 bits per heavy atom. The van der Waals surface area contributed by atoms with Gasteiger partial charge in [-0.25, -0.2) is 4.79 Å². The second kappa shape index (κ2) is 8.57. The van der Waals surface area contributed by atoms with Crippen molar-refractivity contribution in [3.8, 4) is 5.69 Å². The molecule has 0 aliphatic heterocycles. The number of thioether (sulfide) groups is 1. The number of thiophene rings is 1. The van der Waals surface area contributed by atoms with E-state index >= 15 is 0 Å². The second-order valence-electron chi connectivity index (χ2n) is 7.03. The van der Waals surface area contributed by atoms with Crippen LogP contribution < -0.4 is 5.32 Å². The van der Waals surface area contributed by atoms with E-state index in [9.17, 15) is 9.59 Å². The second-order valence-corrected chi connectivity index (χ2v) is 9.08. The third-order valence-electron chi connectivity index (χ3n) is 5.07. The Labute approximate surface area is 182 Å². The van der Waals surface area contributed by atoms with E-state index < -0.39 is 5.97 Å². The molecule has 0 spiro atoms. The lowest BCUT2D eigenvalue weighted by Gasteiger charge is -2.08. The quantitative estimate of drug-likeness (QED) is 0.461. The van der Waals surface area contributed by atoms with Crippen LogP contribution in [0, 0.1) is 13.8 Å². The Bertz CT molecular complexity index is 1120. The summed E-state index contributed by atoms with van der Waals surface area (Å²) in [7, 11) is 1.36. The van der Waals surface area contributed by atoms with Crippen LogP contribution in [0.1, 0.15) is 38.3 Å². The van der Waals surface area contributed by atoms with Crippen LogP contribution in [0.5, 0.6) is 0 Å². The average Bonchev–Trinajstić information content (AvgIpc) is 3.44. The molecular formula is C20H21N5O3S2. The summed E-state index contributed by atoms with van der Waals surface area (Å²) in [6, 6.07) is 5.96. The molecule has 8 nitrogen and oxygen atoms in total. The summed E-state index contributed by atoms with van der Waals surface area (Å²) in [5, 5.41) is 15.8. The topological polar surface area (TPSA) is 99.0 Å². The largest absolute Gasteiger partial charge is 0.465 e. The number of rotatable bonds is 6. The first-order valence-corrected chi connectivity index (χ1v) is 11.3. The van der Waals surface area contributed by atoms with Crippen LogP contribution >= 0.6 is 23.1 Å². The summed E-state index contributed by atoms with van der Waals surface area (Å²) < 4.78 is 6.54. The maximum atomic E-state index is 12.6. The zero-order valence-corrected chi connectivity index (χ0v) is 18.5. The van der Waals surface area contributed by atoms with Gasteiger partial charge >= 0.3 is 5.97 Å². The van der Waals surface area contributed by atoms with Crippen molar-refractivity contribution in [2.45, 2.75) is 38.3 Å². The van der Waals surface area contributed by atoms with Crippen LogP contribution in [0.4, 0.5) is 5.00 Å². The summed E-state index contributed by atoms with van der Waals surface area (Å²) in [5.41, 5.74) is 4.66. The van der Waals surface area contributed by atoms with Crippen molar-refractivity contribution in [2.24, 2.45) is 0 Å². The van der Waals surface area contributed by atoms with Gasteiger partial charge in [-0.1, -0.05) is 17.8 Å². The number of carbonyl (C=O) groups excluding carboxylic acids is 2. The minimum Gasteiger partial charge on any atom is -0.465 e. The van der Waals surface area contributed by atoms with Gasteiger partial charge in [-0.15, -0.1) is 16.4 Å². The molecule has 10 heteroatoms.